The molecule has 1 amide bonds. The molecular formula is C11H15NO4. The van der Waals surface area contributed by atoms with Gasteiger partial charge in [-0.2, -0.15) is 0 Å². The Hall–Kier alpha value is -1.10. The van der Waals surface area contributed by atoms with E-state index in [2.05, 4.69) is 5.32 Å². The summed E-state index contributed by atoms with van der Waals surface area (Å²) in [5.41, 5.74) is 0. The molecule has 5 nitrogen and oxygen atoms in total. The van der Waals surface area contributed by atoms with Crippen LogP contribution in [0.2, 0.25) is 0 Å². The molecule has 0 aromatic heterocycles. The smallest absolute Gasteiger partial charge is 0.310 e. The van der Waals surface area contributed by atoms with E-state index in [1.165, 1.54) is 0 Å². The maximum atomic E-state index is 11.9. The molecule has 1 aliphatic carbocycles. The number of fused-ring (bicyclic) bond motifs is 2. The van der Waals surface area contributed by atoms with Gasteiger partial charge in [0.2, 0.25) is 5.91 Å². The van der Waals surface area contributed by atoms with Gasteiger partial charge in [0.15, 0.2) is 0 Å². The van der Waals surface area contributed by atoms with E-state index in [1.54, 1.807) is 0 Å². The third kappa shape index (κ3) is 1.50. The summed E-state index contributed by atoms with van der Waals surface area (Å²) in [5.74, 6) is -2.14. The van der Waals surface area contributed by atoms with Crippen molar-refractivity contribution in [2.45, 2.75) is 43.9 Å². The largest absolute Gasteiger partial charge is 0.481 e. The predicted molar refractivity (Wildman–Crippen MR) is 53.7 cm³/mol. The zero-order valence-electron chi connectivity index (χ0n) is 8.89. The zero-order chi connectivity index (χ0) is 11.3. The zero-order valence-corrected chi connectivity index (χ0v) is 8.89. The van der Waals surface area contributed by atoms with Gasteiger partial charge in [-0.25, -0.2) is 0 Å². The van der Waals surface area contributed by atoms with E-state index in [0.29, 0.717) is 0 Å². The summed E-state index contributed by atoms with van der Waals surface area (Å²) >= 11 is 0. The molecule has 4 atom stereocenters. The van der Waals surface area contributed by atoms with Crippen molar-refractivity contribution in [3.8, 4) is 0 Å². The molecule has 1 saturated carbocycles. The van der Waals surface area contributed by atoms with Crippen molar-refractivity contribution >= 4 is 11.9 Å². The van der Waals surface area contributed by atoms with Crippen LogP contribution in [-0.4, -0.2) is 35.2 Å². The van der Waals surface area contributed by atoms with Crippen molar-refractivity contribution in [1.82, 2.24) is 5.32 Å². The highest BCUT2D eigenvalue weighted by molar-refractivity contribution is 5.86. The molecule has 3 rings (SSSR count). The summed E-state index contributed by atoms with van der Waals surface area (Å²) in [6.45, 7) is 0. The highest BCUT2D eigenvalue weighted by Gasteiger charge is 2.55. The fourth-order valence-electron chi connectivity index (χ4n) is 2.85. The molecule has 16 heavy (non-hydrogen) atoms. The second-order valence-electron chi connectivity index (χ2n) is 4.96. The van der Waals surface area contributed by atoms with Crippen molar-refractivity contribution in [2.75, 3.05) is 0 Å². The number of rotatable bonds is 3. The lowest BCUT2D eigenvalue weighted by Gasteiger charge is -2.23. The topological polar surface area (TPSA) is 75.6 Å². The standard InChI is InChI=1S/C11H15NO4/c13-10(12-5-1-2-5)8-6-3-4-7(16-6)9(8)11(14)15/h5-9H,1-4H2,(H,12,13)(H,14,15). The van der Waals surface area contributed by atoms with Gasteiger partial charge in [-0.15, -0.1) is 0 Å². The Morgan fingerprint density at radius 1 is 1.06 bits per heavy atom. The lowest BCUT2D eigenvalue weighted by molar-refractivity contribution is -0.147. The molecule has 2 aliphatic heterocycles. The van der Waals surface area contributed by atoms with Crippen molar-refractivity contribution in [3.05, 3.63) is 0 Å². The number of aliphatic carboxylic acids is 1. The van der Waals surface area contributed by atoms with Gasteiger partial charge >= 0.3 is 5.97 Å². The Labute approximate surface area is 93.2 Å². The van der Waals surface area contributed by atoms with Crippen LogP contribution in [-0.2, 0) is 14.3 Å². The van der Waals surface area contributed by atoms with Crippen LogP contribution in [0, 0.1) is 11.8 Å². The Kier molecular flexibility index (Phi) is 2.17. The second-order valence-corrected chi connectivity index (χ2v) is 4.96. The summed E-state index contributed by atoms with van der Waals surface area (Å²) in [4.78, 5) is 23.1. The lowest BCUT2D eigenvalue weighted by atomic mass is 9.78. The molecule has 0 spiro atoms. The molecule has 0 aromatic rings. The number of carbonyl (C=O) groups excluding carboxylic acids is 1. The SMILES string of the molecule is O=C(O)C1C2CCC(O2)C1C(=O)NC1CC1. The van der Waals surface area contributed by atoms with Gasteiger partial charge in [-0.1, -0.05) is 0 Å². The molecule has 2 bridgehead atoms. The van der Waals surface area contributed by atoms with E-state index < -0.39 is 17.8 Å². The summed E-state index contributed by atoms with van der Waals surface area (Å²) in [6.07, 6.45) is 3.20. The third-order valence-corrected chi connectivity index (χ3v) is 3.78. The molecule has 3 fully saturated rings. The van der Waals surface area contributed by atoms with E-state index in [9.17, 15) is 9.59 Å². The summed E-state index contributed by atoms with van der Waals surface area (Å²) in [7, 11) is 0. The first-order valence-electron chi connectivity index (χ1n) is 5.85. The molecule has 0 radical (unpaired) electrons. The van der Waals surface area contributed by atoms with Crippen LogP contribution in [0.5, 0.6) is 0 Å². The van der Waals surface area contributed by atoms with Gasteiger partial charge in [0, 0.05) is 6.04 Å². The molecule has 0 aromatic carbocycles. The Morgan fingerprint density at radius 3 is 2.25 bits per heavy atom. The molecule has 2 heterocycles. The van der Waals surface area contributed by atoms with Crippen molar-refractivity contribution < 1.29 is 19.4 Å². The quantitative estimate of drug-likeness (QED) is 0.716. The normalized spacial score (nSPS) is 41.0. The van der Waals surface area contributed by atoms with E-state index in [1.807, 2.05) is 0 Å². The number of amides is 1. The second kappa shape index (κ2) is 3.45. The van der Waals surface area contributed by atoms with Crippen LogP contribution in [0.1, 0.15) is 25.7 Å². The van der Waals surface area contributed by atoms with Crippen LogP contribution in [0.25, 0.3) is 0 Å². The Balaban J connectivity index is 1.75. The van der Waals surface area contributed by atoms with Crippen molar-refractivity contribution in [2.24, 2.45) is 11.8 Å². The maximum absolute atomic E-state index is 11.9. The van der Waals surface area contributed by atoms with Crippen molar-refractivity contribution in [1.29, 1.82) is 0 Å². The Morgan fingerprint density at radius 2 is 1.69 bits per heavy atom. The number of carboxylic acid groups (broad SMARTS) is 1. The van der Waals surface area contributed by atoms with E-state index in [-0.39, 0.29) is 24.2 Å². The molecule has 4 unspecified atom stereocenters. The lowest BCUT2D eigenvalue weighted by Crippen LogP contribution is -2.44. The average molecular weight is 225 g/mol. The predicted octanol–water partition coefficient (Wildman–Crippen LogP) is 0.143. The average Bonchev–Trinajstić information content (AvgIpc) is 2.81. The minimum atomic E-state index is -0.900. The summed E-state index contributed by atoms with van der Waals surface area (Å²) < 4.78 is 5.54. The number of carboxylic acids is 1. The van der Waals surface area contributed by atoms with Gasteiger partial charge in [-0.3, -0.25) is 9.59 Å². The molecule has 2 N–H and O–H groups in total. The van der Waals surface area contributed by atoms with Gasteiger partial charge < -0.3 is 15.2 Å². The first kappa shape index (κ1) is 10.1. The first-order chi connectivity index (χ1) is 7.66. The van der Waals surface area contributed by atoms with Crippen molar-refractivity contribution in [3.63, 3.8) is 0 Å². The highest BCUT2D eigenvalue weighted by atomic mass is 16.5. The molecule has 2 saturated heterocycles. The number of hydrogen-bond donors (Lipinski definition) is 2. The van der Waals surface area contributed by atoms with E-state index in [0.717, 1.165) is 25.7 Å². The van der Waals surface area contributed by atoms with Gasteiger partial charge in [-0.05, 0) is 25.7 Å². The van der Waals surface area contributed by atoms with Crippen LogP contribution in [0.15, 0.2) is 0 Å². The van der Waals surface area contributed by atoms with Crippen LogP contribution < -0.4 is 5.32 Å². The first-order valence-corrected chi connectivity index (χ1v) is 5.85. The fourth-order valence-corrected chi connectivity index (χ4v) is 2.85. The number of hydrogen-bond acceptors (Lipinski definition) is 3. The number of ether oxygens (including phenoxy) is 1. The summed E-state index contributed by atoms with van der Waals surface area (Å²) in [6, 6.07) is 0.279. The Bertz CT molecular complexity index is 339. The van der Waals surface area contributed by atoms with Crippen LogP contribution in [0.3, 0.4) is 0 Å². The van der Waals surface area contributed by atoms with E-state index in [4.69, 9.17) is 9.84 Å². The summed E-state index contributed by atoms with van der Waals surface area (Å²) in [5, 5.41) is 12.0. The minimum Gasteiger partial charge on any atom is -0.481 e. The van der Waals surface area contributed by atoms with Gasteiger partial charge in [0.25, 0.3) is 0 Å². The highest BCUT2D eigenvalue weighted by Crippen LogP contribution is 2.43. The number of carbonyl (C=O) groups is 2. The molecular weight excluding hydrogens is 210 g/mol. The van der Waals surface area contributed by atoms with E-state index >= 15 is 0 Å². The molecule has 3 aliphatic rings. The monoisotopic (exact) mass is 225 g/mol. The van der Waals surface area contributed by atoms with Gasteiger partial charge in [0.1, 0.15) is 0 Å². The molecule has 88 valence electrons. The van der Waals surface area contributed by atoms with Crippen LogP contribution in [0.4, 0.5) is 0 Å². The fraction of sp³-hybridized carbons (Fsp3) is 0.818. The van der Waals surface area contributed by atoms with Crippen LogP contribution >= 0.6 is 0 Å². The van der Waals surface area contributed by atoms with Gasteiger partial charge in [0.05, 0.1) is 24.0 Å². The third-order valence-electron chi connectivity index (χ3n) is 3.78. The minimum absolute atomic E-state index is 0.123. The number of nitrogens with one attached hydrogen (secondary N) is 1. The maximum Gasteiger partial charge on any atom is 0.310 e. The molecule has 5 heteroatoms.